The Morgan fingerprint density at radius 1 is 1.14 bits per heavy atom. The third kappa shape index (κ3) is 5.23. The van der Waals surface area contributed by atoms with E-state index in [0.29, 0.717) is 10.6 Å². The predicted molar refractivity (Wildman–Crippen MR) is 113 cm³/mol. The van der Waals surface area contributed by atoms with Gasteiger partial charge in [-0.2, -0.15) is 0 Å². The lowest BCUT2D eigenvalue weighted by molar-refractivity contribution is -0.120. The zero-order valence-electron chi connectivity index (χ0n) is 16.7. The number of ether oxygens (including phenoxy) is 1. The molecule has 0 spiro atoms. The minimum atomic E-state index is -0.436. The second-order valence-corrected chi connectivity index (χ2v) is 8.16. The van der Waals surface area contributed by atoms with Crippen LogP contribution in [-0.2, 0) is 27.2 Å². The lowest BCUT2D eigenvalue weighted by Gasteiger charge is -2.18. The van der Waals surface area contributed by atoms with Crippen LogP contribution in [0.1, 0.15) is 65.5 Å². The molecule has 0 fully saturated rings. The summed E-state index contributed by atoms with van der Waals surface area (Å²) in [5.41, 5.74) is 2.36. The van der Waals surface area contributed by atoms with Gasteiger partial charge < -0.3 is 15.4 Å². The minimum absolute atomic E-state index is 0.0778. The summed E-state index contributed by atoms with van der Waals surface area (Å²) in [7, 11) is 0. The van der Waals surface area contributed by atoms with Gasteiger partial charge in [-0.1, -0.05) is 30.3 Å². The third-order valence-electron chi connectivity index (χ3n) is 4.87. The Morgan fingerprint density at radius 2 is 1.86 bits per heavy atom. The fourth-order valence-electron chi connectivity index (χ4n) is 3.62. The Kier molecular flexibility index (Phi) is 7.04. The van der Waals surface area contributed by atoms with E-state index >= 15 is 0 Å². The van der Waals surface area contributed by atoms with Crippen LogP contribution in [0.4, 0.5) is 5.00 Å². The monoisotopic (exact) mass is 414 g/mol. The largest absolute Gasteiger partial charge is 0.462 e. The predicted octanol–water partition coefficient (Wildman–Crippen LogP) is 4.01. The normalized spacial score (nSPS) is 13.9. The zero-order valence-corrected chi connectivity index (χ0v) is 17.6. The maximum atomic E-state index is 12.8. The molecular formula is C22H26N2O4S. The van der Waals surface area contributed by atoms with Crippen molar-refractivity contribution in [2.75, 3.05) is 11.9 Å². The van der Waals surface area contributed by atoms with E-state index < -0.39 is 6.04 Å². The van der Waals surface area contributed by atoms with E-state index in [0.717, 1.165) is 41.7 Å². The molecule has 0 aliphatic heterocycles. The summed E-state index contributed by atoms with van der Waals surface area (Å²) in [6.45, 7) is 3.49. The van der Waals surface area contributed by atoms with Crippen molar-refractivity contribution in [1.29, 1.82) is 0 Å². The number of thiophene rings is 1. The molecule has 1 aromatic carbocycles. The number of aryl methyl sites for hydroxylation is 1. The Balaban J connectivity index is 1.81. The van der Waals surface area contributed by atoms with E-state index in [2.05, 4.69) is 10.6 Å². The van der Waals surface area contributed by atoms with Gasteiger partial charge in [0.15, 0.2) is 0 Å². The molecule has 1 unspecified atom stereocenters. The van der Waals surface area contributed by atoms with Crippen molar-refractivity contribution in [3.05, 3.63) is 51.9 Å². The summed E-state index contributed by atoms with van der Waals surface area (Å²) in [5, 5.41) is 6.29. The van der Waals surface area contributed by atoms with E-state index in [1.807, 2.05) is 30.3 Å². The van der Waals surface area contributed by atoms with Gasteiger partial charge >= 0.3 is 5.97 Å². The first kappa shape index (κ1) is 21.0. The van der Waals surface area contributed by atoms with E-state index in [4.69, 9.17) is 4.74 Å². The molecule has 1 aromatic heterocycles. The van der Waals surface area contributed by atoms with Gasteiger partial charge in [0.05, 0.1) is 24.6 Å². The smallest absolute Gasteiger partial charge is 0.341 e. The highest BCUT2D eigenvalue weighted by Gasteiger charge is 2.28. The number of carbonyl (C=O) groups is 3. The Bertz CT molecular complexity index is 892. The van der Waals surface area contributed by atoms with Gasteiger partial charge in [-0.05, 0) is 43.7 Å². The fraction of sp³-hybridized carbons (Fsp3) is 0.409. The molecule has 6 nitrogen and oxygen atoms in total. The summed E-state index contributed by atoms with van der Waals surface area (Å²) in [4.78, 5) is 38.1. The number of nitrogens with one attached hydrogen (secondary N) is 2. The number of amides is 2. The van der Waals surface area contributed by atoms with E-state index in [-0.39, 0.29) is 30.8 Å². The van der Waals surface area contributed by atoms with Crippen LogP contribution in [-0.4, -0.2) is 24.4 Å². The van der Waals surface area contributed by atoms with Crippen LogP contribution in [0.3, 0.4) is 0 Å². The molecule has 1 aliphatic rings. The third-order valence-corrected chi connectivity index (χ3v) is 6.08. The molecule has 0 saturated carbocycles. The average molecular weight is 415 g/mol. The highest BCUT2D eigenvalue weighted by atomic mass is 32.1. The molecule has 2 aromatic rings. The number of esters is 1. The summed E-state index contributed by atoms with van der Waals surface area (Å²) in [6.07, 6.45) is 3.94. The molecule has 2 amide bonds. The second kappa shape index (κ2) is 9.69. The van der Waals surface area contributed by atoms with Gasteiger partial charge in [0.1, 0.15) is 5.00 Å². The molecule has 0 saturated heterocycles. The fourth-order valence-corrected chi connectivity index (χ4v) is 4.91. The molecule has 29 heavy (non-hydrogen) atoms. The van der Waals surface area contributed by atoms with Crippen LogP contribution in [0.15, 0.2) is 30.3 Å². The summed E-state index contributed by atoms with van der Waals surface area (Å²) < 4.78 is 5.24. The van der Waals surface area contributed by atoms with E-state index in [1.54, 1.807) is 6.92 Å². The highest BCUT2D eigenvalue weighted by molar-refractivity contribution is 7.17. The van der Waals surface area contributed by atoms with Crippen molar-refractivity contribution in [2.24, 2.45) is 0 Å². The number of fused-ring (bicyclic) bond motifs is 1. The Morgan fingerprint density at radius 3 is 2.55 bits per heavy atom. The summed E-state index contributed by atoms with van der Waals surface area (Å²) in [6, 6.07) is 8.94. The number of hydrogen-bond acceptors (Lipinski definition) is 5. The number of rotatable bonds is 7. The summed E-state index contributed by atoms with van der Waals surface area (Å²) in [5.74, 6) is -0.842. The van der Waals surface area contributed by atoms with E-state index in [9.17, 15) is 14.4 Å². The van der Waals surface area contributed by atoms with Gasteiger partial charge in [-0.3, -0.25) is 9.59 Å². The first-order valence-corrected chi connectivity index (χ1v) is 10.7. The summed E-state index contributed by atoms with van der Waals surface area (Å²) >= 11 is 1.46. The lowest BCUT2D eigenvalue weighted by Crippen LogP contribution is -2.29. The number of hydrogen-bond donors (Lipinski definition) is 2. The molecule has 3 rings (SSSR count). The first-order valence-electron chi connectivity index (χ1n) is 9.93. The molecule has 154 valence electrons. The average Bonchev–Trinajstić information content (AvgIpc) is 3.05. The lowest BCUT2D eigenvalue weighted by atomic mass is 9.95. The standard InChI is InChI=1S/C22H26N2O4S/c1-3-28-22(27)20-16-11-7-8-12-18(16)29-21(20)24-19(26)13-17(23-14(2)25)15-9-5-4-6-10-15/h4-6,9-10,17H,3,7-8,11-13H2,1-2H3,(H,23,25)(H,24,26). The SMILES string of the molecule is CCOC(=O)c1c(NC(=O)CC(NC(C)=O)c2ccccc2)sc2c1CCCC2. The van der Waals surface area contributed by atoms with Gasteiger partial charge in [-0.15, -0.1) is 11.3 Å². The van der Waals surface area contributed by atoms with Gasteiger partial charge in [0, 0.05) is 11.8 Å². The van der Waals surface area contributed by atoms with Crippen LogP contribution in [0.2, 0.25) is 0 Å². The molecule has 0 bridgehead atoms. The van der Waals surface area contributed by atoms with Crippen molar-refractivity contribution in [2.45, 2.75) is 52.0 Å². The quantitative estimate of drug-likeness (QED) is 0.671. The first-order chi connectivity index (χ1) is 14.0. The maximum absolute atomic E-state index is 12.8. The molecule has 7 heteroatoms. The van der Waals surface area contributed by atoms with Crippen LogP contribution < -0.4 is 10.6 Å². The van der Waals surface area contributed by atoms with Crippen molar-refractivity contribution >= 4 is 34.1 Å². The van der Waals surface area contributed by atoms with Crippen LogP contribution in [0.5, 0.6) is 0 Å². The van der Waals surface area contributed by atoms with Gasteiger partial charge in [-0.25, -0.2) is 4.79 Å². The minimum Gasteiger partial charge on any atom is -0.462 e. The van der Waals surface area contributed by atoms with Crippen LogP contribution in [0, 0.1) is 0 Å². The zero-order chi connectivity index (χ0) is 20.8. The molecule has 1 atom stereocenters. The van der Waals surface area contributed by atoms with Gasteiger partial charge in [0.25, 0.3) is 0 Å². The topological polar surface area (TPSA) is 84.5 Å². The van der Waals surface area contributed by atoms with Crippen molar-refractivity contribution in [3.8, 4) is 0 Å². The Labute approximate surface area is 174 Å². The maximum Gasteiger partial charge on any atom is 0.341 e. The van der Waals surface area contributed by atoms with Crippen molar-refractivity contribution in [3.63, 3.8) is 0 Å². The number of carbonyl (C=O) groups excluding carboxylic acids is 3. The van der Waals surface area contributed by atoms with Crippen molar-refractivity contribution < 1.29 is 19.1 Å². The highest BCUT2D eigenvalue weighted by Crippen LogP contribution is 2.38. The van der Waals surface area contributed by atoms with E-state index in [1.165, 1.54) is 18.3 Å². The van der Waals surface area contributed by atoms with Gasteiger partial charge in [0.2, 0.25) is 11.8 Å². The number of benzene rings is 1. The molecule has 1 aliphatic carbocycles. The number of anilines is 1. The molecule has 1 heterocycles. The van der Waals surface area contributed by atoms with Crippen LogP contribution >= 0.6 is 11.3 Å². The molecule has 0 radical (unpaired) electrons. The molecular weight excluding hydrogens is 388 g/mol. The van der Waals surface area contributed by atoms with Crippen molar-refractivity contribution in [1.82, 2.24) is 5.32 Å². The Hall–Kier alpha value is -2.67. The second-order valence-electron chi connectivity index (χ2n) is 7.05. The van der Waals surface area contributed by atoms with Crippen LogP contribution in [0.25, 0.3) is 0 Å². The molecule has 2 N–H and O–H groups in total.